The van der Waals surface area contributed by atoms with Crippen molar-refractivity contribution in [3.63, 3.8) is 0 Å². The summed E-state index contributed by atoms with van der Waals surface area (Å²) >= 11 is 0. The Labute approximate surface area is 76.6 Å². The van der Waals surface area contributed by atoms with Crippen molar-refractivity contribution in [2.24, 2.45) is 0 Å². The van der Waals surface area contributed by atoms with Crippen molar-refractivity contribution in [2.45, 2.75) is 19.3 Å². The van der Waals surface area contributed by atoms with Crippen molar-refractivity contribution in [2.75, 3.05) is 18.0 Å². The normalized spacial score (nSPS) is 17.4. The molecule has 0 amide bonds. The summed E-state index contributed by atoms with van der Waals surface area (Å²) in [6, 6.07) is 1.52. The highest BCUT2D eigenvalue weighted by atomic mass is 16.1. The molecule has 1 aliphatic heterocycles. The quantitative estimate of drug-likeness (QED) is 0.692. The van der Waals surface area contributed by atoms with Crippen molar-refractivity contribution in [3.05, 3.63) is 22.5 Å². The average Bonchev–Trinajstić information content (AvgIpc) is 2.20. The molecule has 4 nitrogen and oxygen atoms in total. The molecule has 70 valence electrons. The average molecular weight is 179 g/mol. The van der Waals surface area contributed by atoms with Crippen molar-refractivity contribution >= 4 is 5.82 Å². The summed E-state index contributed by atoms with van der Waals surface area (Å²) in [5.74, 6) is 0.571. The molecule has 0 radical (unpaired) electrons. The highest BCUT2D eigenvalue weighted by Crippen LogP contribution is 2.12. The van der Waals surface area contributed by atoms with Gasteiger partial charge in [-0.1, -0.05) is 0 Å². The number of rotatable bonds is 1. The van der Waals surface area contributed by atoms with Gasteiger partial charge >= 0.3 is 0 Å². The van der Waals surface area contributed by atoms with Crippen LogP contribution in [-0.2, 0) is 0 Å². The van der Waals surface area contributed by atoms with E-state index in [0.717, 1.165) is 25.9 Å². The van der Waals surface area contributed by atoms with Crippen molar-refractivity contribution < 1.29 is 0 Å². The molecular weight excluding hydrogens is 166 g/mol. The van der Waals surface area contributed by atoms with E-state index in [1.165, 1.54) is 12.5 Å². The molecule has 13 heavy (non-hydrogen) atoms. The molecule has 1 aliphatic rings. The molecule has 0 saturated carbocycles. The third kappa shape index (κ3) is 1.71. The standard InChI is InChI=1S/C9H13N3O/c13-8-4-5-10-11-9(8)12-6-2-1-3-7-12/h4-5H,1-3,6-7H2,(H,10,13). The van der Waals surface area contributed by atoms with Crippen LogP contribution in [0.1, 0.15) is 19.3 Å². The van der Waals surface area contributed by atoms with Gasteiger partial charge in [0, 0.05) is 25.4 Å². The molecule has 1 N–H and O–H groups in total. The van der Waals surface area contributed by atoms with Gasteiger partial charge in [-0.15, -0.1) is 0 Å². The summed E-state index contributed by atoms with van der Waals surface area (Å²) in [5.41, 5.74) is 0.0145. The summed E-state index contributed by atoms with van der Waals surface area (Å²) in [7, 11) is 0. The van der Waals surface area contributed by atoms with Crippen LogP contribution in [-0.4, -0.2) is 23.3 Å². The van der Waals surface area contributed by atoms with Gasteiger partial charge in [0.15, 0.2) is 5.82 Å². The van der Waals surface area contributed by atoms with Crippen LogP contribution in [0.3, 0.4) is 0 Å². The van der Waals surface area contributed by atoms with Gasteiger partial charge in [0.05, 0.1) is 0 Å². The zero-order chi connectivity index (χ0) is 9.10. The van der Waals surface area contributed by atoms with Gasteiger partial charge in [-0.05, 0) is 19.3 Å². The minimum atomic E-state index is 0.0145. The lowest BCUT2D eigenvalue weighted by atomic mass is 10.1. The number of anilines is 1. The van der Waals surface area contributed by atoms with Crippen LogP contribution in [0.25, 0.3) is 0 Å². The minimum Gasteiger partial charge on any atom is -0.352 e. The Morgan fingerprint density at radius 2 is 2.08 bits per heavy atom. The van der Waals surface area contributed by atoms with Crippen LogP contribution >= 0.6 is 0 Å². The Hall–Kier alpha value is -1.32. The molecule has 0 aliphatic carbocycles. The molecule has 4 heteroatoms. The molecule has 1 aromatic rings. The maximum absolute atomic E-state index is 11.4. The number of aromatic nitrogens is 2. The molecule has 0 unspecified atom stereocenters. The number of hydrogen-bond acceptors (Lipinski definition) is 3. The maximum Gasteiger partial charge on any atom is 0.224 e. The van der Waals surface area contributed by atoms with Gasteiger partial charge in [-0.2, -0.15) is 5.10 Å². The predicted molar refractivity (Wildman–Crippen MR) is 50.9 cm³/mol. The lowest BCUT2D eigenvalue weighted by Crippen LogP contribution is -2.34. The topological polar surface area (TPSA) is 49.0 Å². The van der Waals surface area contributed by atoms with Gasteiger partial charge in [-0.3, -0.25) is 9.89 Å². The highest BCUT2D eigenvalue weighted by molar-refractivity contribution is 5.36. The minimum absolute atomic E-state index is 0.0145. The summed E-state index contributed by atoms with van der Waals surface area (Å²) in [6.07, 6.45) is 5.16. The monoisotopic (exact) mass is 179 g/mol. The Morgan fingerprint density at radius 3 is 2.77 bits per heavy atom. The third-order valence-corrected chi connectivity index (χ3v) is 2.36. The number of H-pyrrole nitrogens is 1. The second-order valence-electron chi connectivity index (χ2n) is 3.31. The first-order valence-electron chi connectivity index (χ1n) is 4.67. The summed E-state index contributed by atoms with van der Waals surface area (Å²) in [5, 5.41) is 6.70. The SMILES string of the molecule is O=c1cc[nH]nc1N1CCCCC1. The van der Waals surface area contributed by atoms with Gasteiger partial charge in [0.2, 0.25) is 5.43 Å². The fraction of sp³-hybridized carbons (Fsp3) is 0.556. The molecule has 0 spiro atoms. The van der Waals surface area contributed by atoms with Crippen molar-refractivity contribution in [1.82, 2.24) is 10.2 Å². The predicted octanol–water partition coefficient (Wildman–Crippen LogP) is 0.760. The molecule has 1 fully saturated rings. The molecule has 2 rings (SSSR count). The third-order valence-electron chi connectivity index (χ3n) is 2.36. The van der Waals surface area contributed by atoms with Gasteiger partial charge < -0.3 is 4.90 Å². The maximum atomic E-state index is 11.4. The van der Waals surface area contributed by atoms with Gasteiger partial charge in [-0.25, -0.2) is 0 Å². The summed E-state index contributed by atoms with van der Waals surface area (Å²) < 4.78 is 0. The largest absolute Gasteiger partial charge is 0.352 e. The van der Waals surface area contributed by atoms with Crippen LogP contribution < -0.4 is 10.3 Å². The number of aromatic amines is 1. The van der Waals surface area contributed by atoms with Gasteiger partial charge in [0.25, 0.3) is 0 Å². The molecule has 1 saturated heterocycles. The van der Waals surface area contributed by atoms with E-state index < -0.39 is 0 Å². The first-order chi connectivity index (χ1) is 6.38. The van der Waals surface area contributed by atoms with E-state index in [0.29, 0.717) is 5.82 Å². The van der Waals surface area contributed by atoms with E-state index in [1.54, 1.807) is 6.20 Å². The summed E-state index contributed by atoms with van der Waals surface area (Å²) in [4.78, 5) is 13.5. The molecule has 0 atom stereocenters. The number of nitrogens with one attached hydrogen (secondary N) is 1. The molecule has 0 aromatic carbocycles. The number of piperidine rings is 1. The Bertz CT molecular complexity index is 328. The van der Waals surface area contributed by atoms with E-state index in [-0.39, 0.29) is 5.43 Å². The second kappa shape index (κ2) is 3.60. The molecule has 2 heterocycles. The van der Waals surface area contributed by atoms with Crippen LogP contribution in [0.15, 0.2) is 17.1 Å². The van der Waals surface area contributed by atoms with Crippen LogP contribution in [0.5, 0.6) is 0 Å². The highest BCUT2D eigenvalue weighted by Gasteiger charge is 2.14. The number of nitrogens with zero attached hydrogens (tertiary/aromatic N) is 2. The fourth-order valence-electron chi connectivity index (χ4n) is 1.67. The number of hydrogen-bond donors (Lipinski definition) is 1. The molecule has 0 bridgehead atoms. The molecular formula is C9H13N3O. The summed E-state index contributed by atoms with van der Waals surface area (Å²) in [6.45, 7) is 1.92. The smallest absolute Gasteiger partial charge is 0.224 e. The van der Waals surface area contributed by atoms with E-state index in [2.05, 4.69) is 15.1 Å². The lowest BCUT2D eigenvalue weighted by molar-refractivity contribution is 0.570. The van der Waals surface area contributed by atoms with Crippen molar-refractivity contribution in [3.8, 4) is 0 Å². The van der Waals surface area contributed by atoms with Crippen molar-refractivity contribution in [1.29, 1.82) is 0 Å². The Balaban J connectivity index is 2.24. The van der Waals surface area contributed by atoms with Gasteiger partial charge in [0.1, 0.15) is 0 Å². The van der Waals surface area contributed by atoms with E-state index in [4.69, 9.17) is 0 Å². The van der Waals surface area contributed by atoms with E-state index in [9.17, 15) is 4.79 Å². The van der Waals surface area contributed by atoms with Crippen LogP contribution in [0, 0.1) is 0 Å². The first-order valence-corrected chi connectivity index (χ1v) is 4.67. The van der Waals surface area contributed by atoms with Crippen LogP contribution in [0.2, 0.25) is 0 Å². The first kappa shape index (κ1) is 8.29. The lowest BCUT2D eigenvalue weighted by Gasteiger charge is -2.26. The zero-order valence-electron chi connectivity index (χ0n) is 7.49. The van der Waals surface area contributed by atoms with Crippen LogP contribution in [0.4, 0.5) is 5.82 Å². The van der Waals surface area contributed by atoms with E-state index in [1.807, 2.05) is 0 Å². The second-order valence-corrected chi connectivity index (χ2v) is 3.31. The Kier molecular flexibility index (Phi) is 2.29. The zero-order valence-corrected chi connectivity index (χ0v) is 7.49. The fourth-order valence-corrected chi connectivity index (χ4v) is 1.67. The van der Waals surface area contributed by atoms with E-state index >= 15 is 0 Å². The molecule has 1 aromatic heterocycles. The Morgan fingerprint density at radius 1 is 1.31 bits per heavy atom.